The zero-order valence-electron chi connectivity index (χ0n) is 12.6. The second-order valence-corrected chi connectivity index (χ2v) is 7.19. The Labute approximate surface area is 140 Å². The van der Waals surface area contributed by atoms with Gasteiger partial charge >= 0.3 is 0 Å². The molecule has 0 aliphatic carbocycles. The van der Waals surface area contributed by atoms with Gasteiger partial charge in [-0.05, 0) is 24.6 Å². The van der Waals surface area contributed by atoms with Gasteiger partial charge < -0.3 is 5.32 Å². The smallest absolute Gasteiger partial charge is 0.232 e. The van der Waals surface area contributed by atoms with Crippen LogP contribution in [-0.2, 0) is 10.5 Å². The highest BCUT2D eigenvalue weighted by atomic mass is 32.2. The van der Waals surface area contributed by atoms with E-state index in [-0.39, 0.29) is 11.2 Å². The van der Waals surface area contributed by atoms with E-state index in [1.165, 1.54) is 5.56 Å². The van der Waals surface area contributed by atoms with Gasteiger partial charge in [0.15, 0.2) is 0 Å². The summed E-state index contributed by atoms with van der Waals surface area (Å²) in [5.41, 5.74) is 1.25. The molecule has 0 saturated carbocycles. The summed E-state index contributed by atoms with van der Waals surface area (Å²) >= 11 is 3.31. The molecule has 1 amide bonds. The van der Waals surface area contributed by atoms with E-state index in [4.69, 9.17) is 0 Å². The summed E-state index contributed by atoms with van der Waals surface area (Å²) in [6.45, 7) is 2.62. The van der Waals surface area contributed by atoms with E-state index >= 15 is 0 Å². The Kier molecular flexibility index (Phi) is 7.33. The predicted octanol–water partition coefficient (Wildman–Crippen LogP) is 3.61. The molecule has 1 aromatic carbocycles. The second-order valence-electron chi connectivity index (χ2n) is 4.75. The maximum Gasteiger partial charge on any atom is 0.232 e. The number of carbonyl (C=O) groups excluding carboxylic acids is 1. The molecule has 1 N–H and O–H groups in total. The number of nitrogens with zero attached hydrogens (tertiary/aromatic N) is 1. The Morgan fingerprint density at radius 1 is 1.18 bits per heavy atom. The fourth-order valence-electron chi connectivity index (χ4n) is 1.78. The van der Waals surface area contributed by atoms with Crippen LogP contribution in [0.5, 0.6) is 0 Å². The fraction of sp³-hybridized carbons (Fsp3) is 0.294. The topological polar surface area (TPSA) is 42.0 Å². The van der Waals surface area contributed by atoms with Crippen molar-refractivity contribution in [2.45, 2.75) is 23.0 Å². The van der Waals surface area contributed by atoms with Crippen molar-refractivity contribution in [1.29, 1.82) is 0 Å². The van der Waals surface area contributed by atoms with Crippen molar-refractivity contribution in [3.8, 4) is 0 Å². The van der Waals surface area contributed by atoms with Crippen LogP contribution in [0.3, 0.4) is 0 Å². The van der Waals surface area contributed by atoms with Crippen molar-refractivity contribution in [2.75, 3.05) is 12.3 Å². The van der Waals surface area contributed by atoms with Gasteiger partial charge in [0.25, 0.3) is 0 Å². The number of hydrogen-bond acceptors (Lipinski definition) is 4. The molecular weight excluding hydrogens is 312 g/mol. The lowest BCUT2D eigenvalue weighted by Crippen LogP contribution is -2.32. The molecule has 1 atom stereocenters. The Bertz CT molecular complexity index is 563. The SMILES string of the molecule is C[C@H](SCc1ccccc1)C(=O)NCCSc1ccccn1. The third-order valence-corrected chi connectivity index (χ3v) is 5.16. The van der Waals surface area contributed by atoms with Crippen LogP contribution in [0.1, 0.15) is 12.5 Å². The molecule has 0 saturated heterocycles. The zero-order valence-corrected chi connectivity index (χ0v) is 14.2. The number of amides is 1. The van der Waals surface area contributed by atoms with E-state index in [2.05, 4.69) is 22.4 Å². The standard InChI is InChI=1S/C17H20N2OS2/c1-14(22-13-15-7-3-2-4-8-15)17(20)19-11-12-21-16-9-5-6-10-18-16/h2-10,14H,11-13H2,1H3,(H,19,20)/t14-/m0/s1. The minimum absolute atomic E-state index is 0.0416. The second kappa shape index (κ2) is 9.54. The van der Waals surface area contributed by atoms with Crippen LogP contribution in [0.2, 0.25) is 0 Å². The molecule has 1 aromatic heterocycles. The van der Waals surface area contributed by atoms with E-state index in [1.54, 1.807) is 29.7 Å². The van der Waals surface area contributed by atoms with Gasteiger partial charge in [0.2, 0.25) is 5.91 Å². The molecule has 1 heterocycles. The molecule has 0 unspecified atom stereocenters. The molecule has 22 heavy (non-hydrogen) atoms. The van der Waals surface area contributed by atoms with Crippen LogP contribution in [-0.4, -0.2) is 28.4 Å². The third-order valence-electron chi connectivity index (χ3n) is 3.00. The summed E-state index contributed by atoms with van der Waals surface area (Å²) in [5.74, 6) is 1.79. The van der Waals surface area contributed by atoms with Crippen molar-refractivity contribution < 1.29 is 4.79 Å². The Morgan fingerprint density at radius 3 is 2.68 bits per heavy atom. The van der Waals surface area contributed by atoms with Crippen molar-refractivity contribution in [3.63, 3.8) is 0 Å². The molecule has 0 aliphatic heterocycles. The minimum atomic E-state index is -0.0416. The summed E-state index contributed by atoms with van der Waals surface area (Å²) in [7, 11) is 0. The third kappa shape index (κ3) is 6.12. The largest absolute Gasteiger partial charge is 0.354 e. The number of carbonyl (C=O) groups is 1. The van der Waals surface area contributed by atoms with Gasteiger partial charge in [0, 0.05) is 24.2 Å². The van der Waals surface area contributed by atoms with E-state index in [1.807, 2.05) is 43.3 Å². The van der Waals surface area contributed by atoms with E-state index in [9.17, 15) is 4.79 Å². The number of pyridine rings is 1. The van der Waals surface area contributed by atoms with Crippen molar-refractivity contribution in [2.24, 2.45) is 0 Å². The van der Waals surface area contributed by atoms with E-state index in [0.717, 1.165) is 16.5 Å². The van der Waals surface area contributed by atoms with Crippen LogP contribution < -0.4 is 5.32 Å². The van der Waals surface area contributed by atoms with E-state index < -0.39 is 0 Å². The average Bonchev–Trinajstić information content (AvgIpc) is 2.58. The lowest BCUT2D eigenvalue weighted by molar-refractivity contribution is -0.120. The highest BCUT2D eigenvalue weighted by Crippen LogP contribution is 2.17. The normalized spacial score (nSPS) is 11.9. The molecular formula is C17H20N2OS2. The molecule has 0 radical (unpaired) electrons. The Balaban J connectivity index is 1.62. The molecule has 116 valence electrons. The number of rotatable bonds is 8. The van der Waals surface area contributed by atoms with Gasteiger partial charge in [-0.15, -0.1) is 23.5 Å². The van der Waals surface area contributed by atoms with Gasteiger partial charge in [-0.25, -0.2) is 4.98 Å². The molecule has 2 rings (SSSR count). The molecule has 0 spiro atoms. The first-order chi connectivity index (χ1) is 10.8. The molecule has 5 heteroatoms. The van der Waals surface area contributed by atoms with Gasteiger partial charge in [-0.1, -0.05) is 36.4 Å². The molecule has 0 aliphatic rings. The van der Waals surface area contributed by atoms with Crippen LogP contribution >= 0.6 is 23.5 Å². The van der Waals surface area contributed by atoms with Crippen molar-refractivity contribution >= 4 is 29.4 Å². The maximum atomic E-state index is 12.0. The quantitative estimate of drug-likeness (QED) is 0.592. The first-order valence-corrected chi connectivity index (χ1v) is 9.26. The summed E-state index contributed by atoms with van der Waals surface area (Å²) in [4.78, 5) is 16.3. The average molecular weight is 332 g/mol. The Hall–Kier alpha value is -1.46. The maximum absolute atomic E-state index is 12.0. The fourth-order valence-corrected chi connectivity index (χ4v) is 3.37. The molecule has 0 bridgehead atoms. The highest BCUT2D eigenvalue weighted by molar-refractivity contribution is 7.99. The zero-order chi connectivity index (χ0) is 15.6. The van der Waals surface area contributed by atoms with E-state index in [0.29, 0.717) is 6.54 Å². The monoisotopic (exact) mass is 332 g/mol. The van der Waals surface area contributed by atoms with Gasteiger partial charge in [0.1, 0.15) is 0 Å². The molecule has 2 aromatic rings. The van der Waals surface area contributed by atoms with Crippen LogP contribution in [0.15, 0.2) is 59.8 Å². The first kappa shape index (κ1) is 16.9. The van der Waals surface area contributed by atoms with Crippen LogP contribution in [0, 0.1) is 0 Å². The van der Waals surface area contributed by atoms with Gasteiger partial charge in [-0.3, -0.25) is 4.79 Å². The number of thioether (sulfide) groups is 2. The molecule has 0 fully saturated rings. The minimum Gasteiger partial charge on any atom is -0.354 e. The summed E-state index contributed by atoms with van der Waals surface area (Å²) in [6, 6.07) is 16.1. The van der Waals surface area contributed by atoms with Crippen molar-refractivity contribution in [3.05, 3.63) is 60.3 Å². The number of hydrogen-bond donors (Lipinski definition) is 1. The number of benzene rings is 1. The van der Waals surface area contributed by atoms with Gasteiger partial charge in [-0.2, -0.15) is 0 Å². The van der Waals surface area contributed by atoms with Gasteiger partial charge in [0.05, 0.1) is 10.3 Å². The first-order valence-electron chi connectivity index (χ1n) is 7.23. The predicted molar refractivity (Wildman–Crippen MR) is 95.2 cm³/mol. The van der Waals surface area contributed by atoms with Crippen molar-refractivity contribution in [1.82, 2.24) is 10.3 Å². The van der Waals surface area contributed by atoms with Crippen LogP contribution in [0.4, 0.5) is 0 Å². The van der Waals surface area contributed by atoms with Crippen LogP contribution in [0.25, 0.3) is 0 Å². The lowest BCUT2D eigenvalue weighted by Gasteiger charge is -2.11. The lowest BCUT2D eigenvalue weighted by atomic mass is 10.2. The number of aromatic nitrogens is 1. The summed E-state index contributed by atoms with van der Waals surface area (Å²) < 4.78 is 0. The highest BCUT2D eigenvalue weighted by Gasteiger charge is 2.12. The Morgan fingerprint density at radius 2 is 1.95 bits per heavy atom. The molecule has 3 nitrogen and oxygen atoms in total. The summed E-state index contributed by atoms with van der Waals surface area (Å²) in [6.07, 6.45) is 1.78. The summed E-state index contributed by atoms with van der Waals surface area (Å²) in [5, 5.41) is 3.93. The number of nitrogens with one attached hydrogen (secondary N) is 1.